The van der Waals surface area contributed by atoms with Gasteiger partial charge in [0, 0.05) is 16.3 Å². The van der Waals surface area contributed by atoms with Crippen LogP contribution in [0.15, 0.2) is 72.8 Å². The van der Waals surface area contributed by atoms with Gasteiger partial charge in [-0.2, -0.15) is 0 Å². The van der Waals surface area contributed by atoms with Gasteiger partial charge in [0.05, 0.1) is 28.8 Å². The minimum Gasteiger partial charge on any atom is -0.489 e. The van der Waals surface area contributed by atoms with Crippen LogP contribution in [-0.4, -0.2) is 29.0 Å². The Balaban J connectivity index is 1.67. The molecule has 8 heteroatoms. The van der Waals surface area contributed by atoms with Gasteiger partial charge in [-0.15, -0.1) is 0 Å². The molecular formula is C32H28FNO6. The van der Waals surface area contributed by atoms with Crippen LogP contribution in [0.1, 0.15) is 65.0 Å². The van der Waals surface area contributed by atoms with Crippen molar-refractivity contribution in [1.29, 1.82) is 0 Å². The molecule has 7 nitrogen and oxygen atoms in total. The smallest absolute Gasteiger partial charge is 0.311 e. The van der Waals surface area contributed by atoms with Crippen LogP contribution in [0.5, 0.6) is 11.5 Å². The maximum Gasteiger partial charge on any atom is 0.311 e. The van der Waals surface area contributed by atoms with Crippen LogP contribution in [0.3, 0.4) is 0 Å². The van der Waals surface area contributed by atoms with Crippen molar-refractivity contribution in [2.45, 2.75) is 45.8 Å². The number of ether oxygens (including phenoxy) is 2. The molecule has 0 aliphatic carbocycles. The van der Waals surface area contributed by atoms with E-state index in [9.17, 15) is 19.5 Å². The van der Waals surface area contributed by atoms with Crippen molar-refractivity contribution in [3.05, 3.63) is 101 Å². The lowest BCUT2D eigenvalue weighted by Gasteiger charge is -2.19. The summed E-state index contributed by atoms with van der Waals surface area (Å²) in [6, 6.07) is 20.4. The van der Waals surface area contributed by atoms with E-state index in [0.717, 1.165) is 16.5 Å². The van der Waals surface area contributed by atoms with Gasteiger partial charge >= 0.3 is 5.97 Å². The molecule has 0 spiro atoms. The number of hydrogen-bond acceptors (Lipinski definition) is 5. The molecule has 204 valence electrons. The summed E-state index contributed by atoms with van der Waals surface area (Å²) in [5.41, 5.74) is 0.926. The number of nitrogens with zero attached hydrogens (tertiary/aromatic N) is 1. The minimum atomic E-state index is -1.16. The van der Waals surface area contributed by atoms with Crippen molar-refractivity contribution >= 4 is 34.2 Å². The summed E-state index contributed by atoms with van der Waals surface area (Å²) in [5, 5.41) is 10.7. The molecule has 40 heavy (non-hydrogen) atoms. The van der Waals surface area contributed by atoms with E-state index in [0.29, 0.717) is 10.8 Å². The van der Waals surface area contributed by atoms with Gasteiger partial charge in [0.25, 0.3) is 11.8 Å². The summed E-state index contributed by atoms with van der Waals surface area (Å²) in [6.45, 7) is 5.44. The second-order valence-corrected chi connectivity index (χ2v) is 9.85. The average molecular weight is 542 g/mol. The van der Waals surface area contributed by atoms with Crippen molar-refractivity contribution in [2.75, 3.05) is 4.90 Å². The van der Waals surface area contributed by atoms with Crippen LogP contribution < -0.4 is 14.4 Å². The van der Waals surface area contributed by atoms with E-state index in [1.54, 1.807) is 19.1 Å². The fourth-order valence-corrected chi connectivity index (χ4v) is 5.04. The van der Waals surface area contributed by atoms with Crippen LogP contribution in [0.2, 0.25) is 0 Å². The summed E-state index contributed by atoms with van der Waals surface area (Å²) in [5.74, 6) is -3.89. The third kappa shape index (κ3) is 4.66. The van der Waals surface area contributed by atoms with Gasteiger partial charge in [-0.1, -0.05) is 67.6 Å². The Hall–Kier alpha value is -4.72. The molecule has 2 amide bonds. The predicted octanol–water partition coefficient (Wildman–Crippen LogP) is 6.72. The highest BCUT2D eigenvalue weighted by atomic mass is 19.1. The Morgan fingerprint density at radius 3 is 2.08 bits per heavy atom. The number of amides is 2. The Kier molecular flexibility index (Phi) is 7.26. The second kappa shape index (κ2) is 10.8. The molecule has 1 unspecified atom stereocenters. The highest BCUT2D eigenvalue weighted by molar-refractivity contribution is 6.38. The molecule has 0 fully saturated rings. The molecule has 1 N–H and O–H groups in total. The topological polar surface area (TPSA) is 93.1 Å². The van der Waals surface area contributed by atoms with Gasteiger partial charge in [-0.05, 0) is 38.0 Å². The molecule has 5 rings (SSSR count). The molecule has 0 bridgehead atoms. The molecule has 4 aromatic rings. The monoisotopic (exact) mass is 541 g/mol. The quantitative estimate of drug-likeness (QED) is 0.236. The zero-order valence-corrected chi connectivity index (χ0v) is 22.3. The van der Waals surface area contributed by atoms with E-state index in [2.05, 4.69) is 0 Å². The van der Waals surface area contributed by atoms with E-state index < -0.39 is 29.5 Å². The van der Waals surface area contributed by atoms with Crippen LogP contribution in [0.25, 0.3) is 10.8 Å². The number of halogens is 1. The molecule has 1 aliphatic rings. The molecule has 4 aromatic carbocycles. The molecule has 1 heterocycles. The van der Waals surface area contributed by atoms with Gasteiger partial charge < -0.3 is 14.6 Å². The van der Waals surface area contributed by atoms with Crippen LogP contribution in [0.4, 0.5) is 10.1 Å². The first-order valence-electron chi connectivity index (χ1n) is 13.1. The molecular weight excluding hydrogens is 513 g/mol. The first-order valence-corrected chi connectivity index (χ1v) is 13.1. The third-order valence-electron chi connectivity index (χ3n) is 6.86. The van der Waals surface area contributed by atoms with E-state index in [-0.39, 0.29) is 53.0 Å². The Labute approximate surface area is 230 Å². The van der Waals surface area contributed by atoms with Crippen LogP contribution >= 0.6 is 0 Å². The average Bonchev–Trinajstić information content (AvgIpc) is 3.19. The lowest BCUT2D eigenvalue weighted by atomic mass is 9.96. The molecule has 0 saturated heterocycles. The van der Waals surface area contributed by atoms with Gasteiger partial charge in [-0.3, -0.25) is 14.4 Å². The summed E-state index contributed by atoms with van der Waals surface area (Å²) in [7, 11) is 0. The number of carboxylic acid groups (broad SMARTS) is 1. The van der Waals surface area contributed by atoms with Gasteiger partial charge in [0.1, 0.15) is 23.9 Å². The number of carbonyl (C=O) groups is 3. The number of imide groups is 1. The number of hydrogen-bond donors (Lipinski definition) is 1. The minimum absolute atomic E-state index is 0.0127. The van der Waals surface area contributed by atoms with Crippen molar-refractivity contribution in [3.63, 3.8) is 0 Å². The van der Waals surface area contributed by atoms with E-state index in [1.807, 2.05) is 56.3 Å². The number of carboxylic acids is 1. The van der Waals surface area contributed by atoms with E-state index in [4.69, 9.17) is 9.47 Å². The molecule has 0 radical (unpaired) electrons. The fraction of sp³-hybridized carbons (Fsp3) is 0.219. The van der Waals surface area contributed by atoms with Crippen molar-refractivity contribution < 1.29 is 33.4 Å². The molecule has 1 aliphatic heterocycles. The Morgan fingerprint density at radius 2 is 1.50 bits per heavy atom. The standard InChI is InChI=1S/C32H28FNO6/c1-4-21(32(37)38)22-15-14-20(16-25(22)33)34-30(35)26-27(31(34)36)29(40-18(2)3)24-13-9-8-12-23(24)28(26)39-17-19-10-6-5-7-11-19/h5-16,18,21H,4,17H2,1-3H3,(H,37,38). The van der Waals surface area contributed by atoms with Crippen molar-refractivity contribution in [1.82, 2.24) is 0 Å². The van der Waals surface area contributed by atoms with Crippen molar-refractivity contribution in [2.24, 2.45) is 0 Å². The zero-order chi connectivity index (χ0) is 28.6. The number of aliphatic carboxylic acids is 1. The van der Waals surface area contributed by atoms with Crippen molar-refractivity contribution in [3.8, 4) is 11.5 Å². The van der Waals surface area contributed by atoms with Gasteiger partial charge in [0.15, 0.2) is 0 Å². The number of carbonyl (C=O) groups excluding carboxylic acids is 2. The van der Waals surface area contributed by atoms with Gasteiger partial charge in [0.2, 0.25) is 0 Å². The summed E-state index contributed by atoms with van der Waals surface area (Å²) in [4.78, 5) is 40.4. The summed E-state index contributed by atoms with van der Waals surface area (Å²) < 4.78 is 27.5. The summed E-state index contributed by atoms with van der Waals surface area (Å²) >= 11 is 0. The number of fused-ring (bicyclic) bond motifs is 2. The number of rotatable bonds is 9. The largest absolute Gasteiger partial charge is 0.489 e. The first-order chi connectivity index (χ1) is 19.2. The lowest BCUT2D eigenvalue weighted by molar-refractivity contribution is -0.138. The van der Waals surface area contributed by atoms with E-state index in [1.165, 1.54) is 12.1 Å². The number of benzene rings is 4. The predicted molar refractivity (Wildman–Crippen MR) is 149 cm³/mol. The SMILES string of the molecule is CCC(C(=O)O)c1ccc(N2C(=O)c3c(c(OC(C)C)c4ccccc4c3OCc3ccccc3)C2=O)cc1F. The highest BCUT2D eigenvalue weighted by Crippen LogP contribution is 2.46. The first kappa shape index (κ1) is 26.9. The molecule has 1 atom stereocenters. The van der Waals surface area contributed by atoms with Crippen LogP contribution in [0, 0.1) is 5.82 Å². The second-order valence-electron chi connectivity index (χ2n) is 9.85. The zero-order valence-electron chi connectivity index (χ0n) is 22.3. The maximum atomic E-state index is 15.2. The molecule has 0 aromatic heterocycles. The lowest BCUT2D eigenvalue weighted by Crippen LogP contribution is -2.30. The van der Waals surface area contributed by atoms with Crippen LogP contribution in [-0.2, 0) is 11.4 Å². The third-order valence-corrected chi connectivity index (χ3v) is 6.86. The Morgan fingerprint density at radius 1 is 0.900 bits per heavy atom. The fourth-order valence-electron chi connectivity index (χ4n) is 5.04. The normalized spacial score (nSPS) is 13.6. The Bertz CT molecular complexity index is 1630. The highest BCUT2D eigenvalue weighted by Gasteiger charge is 2.44. The van der Waals surface area contributed by atoms with Gasteiger partial charge in [-0.25, -0.2) is 9.29 Å². The summed E-state index contributed by atoms with van der Waals surface area (Å²) in [6.07, 6.45) is -0.122. The number of anilines is 1. The van der Waals surface area contributed by atoms with E-state index >= 15 is 4.39 Å². The molecule has 0 saturated carbocycles. The maximum absolute atomic E-state index is 15.2.